The monoisotopic (exact) mass is 248 g/mol. The molecule has 0 radical (unpaired) electrons. The molecule has 0 spiro atoms. The van der Waals surface area contributed by atoms with Crippen LogP contribution in [0.4, 0.5) is 0 Å². The average molecular weight is 248 g/mol. The fraction of sp³-hybridized carbons (Fsp3) is 0.154. The van der Waals surface area contributed by atoms with Gasteiger partial charge in [0.05, 0.1) is 0 Å². The summed E-state index contributed by atoms with van der Waals surface area (Å²) >= 11 is 0. The normalized spacial score (nSPS) is 10.3. The number of carboxylic acid groups (broad SMARTS) is 1. The Kier molecular flexibility index (Phi) is 4.80. The molecule has 0 unspecified atom stereocenters. The summed E-state index contributed by atoms with van der Waals surface area (Å²) in [6, 6.07) is 6.83. The van der Waals surface area contributed by atoms with Crippen LogP contribution in [0, 0.1) is 6.92 Å². The van der Waals surface area contributed by atoms with Crippen molar-refractivity contribution >= 4 is 17.7 Å². The Morgan fingerprint density at radius 1 is 1.17 bits per heavy atom. The number of aryl methyl sites for hydroxylation is 1. The highest BCUT2D eigenvalue weighted by molar-refractivity contribution is 5.99. The minimum atomic E-state index is -1.25. The van der Waals surface area contributed by atoms with Gasteiger partial charge in [0.1, 0.15) is 0 Å². The minimum absolute atomic E-state index is 0.341. The van der Waals surface area contributed by atoms with Crippen molar-refractivity contribution < 1.29 is 24.2 Å². The van der Waals surface area contributed by atoms with Gasteiger partial charge in [-0.2, -0.15) is 0 Å². The summed E-state index contributed by atoms with van der Waals surface area (Å²) < 4.78 is 4.60. The highest BCUT2D eigenvalue weighted by atomic mass is 16.5. The van der Waals surface area contributed by atoms with Crippen molar-refractivity contribution in [2.45, 2.75) is 6.92 Å². The lowest BCUT2D eigenvalue weighted by Crippen LogP contribution is -2.12. The number of hydrogen-bond donors (Lipinski definition) is 1. The summed E-state index contributed by atoms with van der Waals surface area (Å²) in [6.45, 7) is 1.48. The van der Waals surface area contributed by atoms with Crippen molar-refractivity contribution in [3.8, 4) is 0 Å². The van der Waals surface area contributed by atoms with Gasteiger partial charge in [-0.25, -0.2) is 9.59 Å². The van der Waals surface area contributed by atoms with E-state index in [4.69, 9.17) is 5.11 Å². The molecule has 1 N–H and O–H groups in total. The van der Waals surface area contributed by atoms with Crippen molar-refractivity contribution in [1.29, 1.82) is 0 Å². The molecule has 0 bridgehead atoms. The number of carbonyl (C=O) groups excluding carboxylic acids is 2. The van der Waals surface area contributed by atoms with Crippen LogP contribution in [0.1, 0.15) is 15.9 Å². The molecule has 0 heterocycles. The number of carboxylic acids is 1. The van der Waals surface area contributed by atoms with Gasteiger partial charge in [-0.05, 0) is 6.92 Å². The molecule has 0 aliphatic rings. The Morgan fingerprint density at radius 3 is 2.33 bits per heavy atom. The molecule has 0 atom stereocenters. The predicted molar refractivity (Wildman–Crippen MR) is 63.2 cm³/mol. The quantitative estimate of drug-likeness (QED) is 0.483. The largest absolute Gasteiger partial charge is 0.478 e. The zero-order valence-electron chi connectivity index (χ0n) is 9.75. The van der Waals surface area contributed by atoms with Crippen LogP contribution in [-0.2, 0) is 14.3 Å². The third kappa shape index (κ3) is 4.61. The molecule has 0 aliphatic heterocycles. The molecular weight excluding hydrogens is 236 g/mol. The average Bonchev–Trinajstić information content (AvgIpc) is 2.34. The van der Waals surface area contributed by atoms with Crippen LogP contribution in [0.5, 0.6) is 0 Å². The second-order valence-electron chi connectivity index (χ2n) is 3.57. The van der Waals surface area contributed by atoms with Crippen molar-refractivity contribution in [1.82, 2.24) is 0 Å². The molecule has 0 fully saturated rings. The Morgan fingerprint density at radius 2 is 1.78 bits per heavy atom. The number of ketones is 1. The number of esters is 1. The van der Waals surface area contributed by atoms with E-state index in [1.165, 1.54) is 0 Å². The number of benzene rings is 1. The van der Waals surface area contributed by atoms with E-state index in [-0.39, 0.29) is 5.78 Å². The Balaban J connectivity index is 2.49. The summed E-state index contributed by atoms with van der Waals surface area (Å²) in [5, 5.41) is 8.28. The number of hydrogen-bond acceptors (Lipinski definition) is 4. The van der Waals surface area contributed by atoms with Crippen molar-refractivity contribution in [2.75, 3.05) is 6.61 Å². The maximum Gasteiger partial charge on any atom is 0.331 e. The molecule has 0 saturated carbocycles. The van der Waals surface area contributed by atoms with E-state index in [9.17, 15) is 14.4 Å². The summed E-state index contributed by atoms with van der Waals surface area (Å²) in [4.78, 5) is 32.7. The molecule has 0 aliphatic carbocycles. The summed E-state index contributed by atoms with van der Waals surface area (Å²) in [5.74, 6) is -2.46. The first-order valence-electron chi connectivity index (χ1n) is 5.16. The van der Waals surface area contributed by atoms with E-state index in [2.05, 4.69) is 4.74 Å². The van der Waals surface area contributed by atoms with E-state index < -0.39 is 18.5 Å². The molecule has 0 saturated heterocycles. The number of aliphatic carboxylic acids is 1. The molecular formula is C13H12O5. The Labute approximate surface area is 104 Å². The van der Waals surface area contributed by atoms with Crippen molar-refractivity contribution in [2.24, 2.45) is 0 Å². The topological polar surface area (TPSA) is 80.7 Å². The molecule has 1 aromatic rings. The fourth-order valence-electron chi connectivity index (χ4n) is 1.15. The maximum absolute atomic E-state index is 11.6. The van der Waals surface area contributed by atoms with Crippen LogP contribution in [-0.4, -0.2) is 29.4 Å². The van der Waals surface area contributed by atoms with Gasteiger partial charge >= 0.3 is 11.9 Å². The second kappa shape index (κ2) is 6.34. The molecule has 1 aromatic carbocycles. The first-order chi connectivity index (χ1) is 8.49. The Bertz CT molecular complexity index is 485. The summed E-state index contributed by atoms with van der Waals surface area (Å²) in [7, 11) is 0. The van der Waals surface area contributed by atoms with Crippen molar-refractivity contribution in [3.63, 3.8) is 0 Å². The van der Waals surface area contributed by atoms with E-state index in [1.807, 2.05) is 6.92 Å². The van der Waals surface area contributed by atoms with Gasteiger partial charge in [0.25, 0.3) is 0 Å². The van der Waals surface area contributed by atoms with E-state index in [0.717, 1.165) is 11.6 Å². The van der Waals surface area contributed by atoms with Crippen LogP contribution in [0.2, 0.25) is 0 Å². The minimum Gasteiger partial charge on any atom is -0.478 e. The molecule has 1 rings (SSSR count). The summed E-state index contributed by atoms with van der Waals surface area (Å²) in [5.41, 5.74) is 1.46. The number of rotatable bonds is 5. The van der Waals surface area contributed by atoms with Crippen LogP contribution in [0.3, 0.4) is 0 Å². The van der Waals surface area contributed by atoms with E-state index >= 15 is 0 Å². The SMILES string of the molecule is Cc1ccc(C(=O)COC(=O)/C=C/C(=O)O)cc1. The third-order valence-corrected chi connectivity index (χ3v) is 2.08. The lowest BCUT2D eigenvalue weighted by molar-refractivity contribution is -0.137. The van der Waals surface area contributed by atoms with Gasteiger partial charge in [-0.15, -0.1) is 0 Å². The second-order valence-corrected chi connectivity index (χ2v) is 3.57. The van der Waals surface area contributed by atoms with Crippen LogP contribution in [0.25, 0.3) is 0 Å². The maximum atomic E-state index is 11.6. The fourth-order valence-corrected chi connectivity index (χ4v) is 1.15. The predicted octanol–water partition coefficient (Wildman–Crippen LogP) is 1.36. The van der Waals surface area contributed by atoms with Gasteiger partial charge in [0.15, 0.2) is 12.4 Å². The standard InChI is InChI=1S/C13H12O5/c1-9-2-4-10(5-3-9)11(14)8-18-13(17)7-6-12(15)16/h2-7H,8H2,1H3,(H,15,16)/b7-6+. The lowest BCUT2D eigenvalue weighted by Gasteiger charge is -2.02. The first-order valence-corrected chi connectivity index (χ1v) is 5.16. The lowest BCUT2D eigenvalue weighted by atomic mass is 10.1. The zero-order valence-corrected chi connectivity index (χ0v) is 9.75. The van der Waals surface area contributed by atoms with E-state index in [0.29, 0.717) is 11.6 Å². The molecule has 5 heteroatoms. The third-order valence-electron chi connectivity index (χ3n) is 2.08. The van der Waals surface area contributed by atoms with Gasteiger partial charge in [-0.3, -0.25) is 4.79 Å². The van der Waals surface area contributed by atoms with Crippen LogP contribution >= 0.6 is 0 Å². The van der Waals surface area contributed by atoms with Gasteiger partial charge in [-0.1, -0.05) is 29.8 Å². The number of carbonyl (C=O) groups is 3. The number of Topliss-reactive ketones (excluding diaryl/α,β-unsaturated/α-hetero) is 1. The van der Waals surface area contributed by atoms with Crippen molar-refractivity contribution in [3.05, 3.63) is 47.5 Å². The van der Waals surface area contributed by atoms with Gasteiger partial charge in [0, 0.05) is 17.7 Å². The highest BCUT2D eigenvalue weighted by Gasteiger charge is 2.08. The zero-order chi connectivity index (χ0) is 13.5. The molecule has 94 valence electrons. The smallest absolute Gasteiger partial charge is 0.331 e. The first kappa shape index (κ1) is 13.6. The van der Waals surface area contributed by atoms with Crippen LogP contribution in [0.15, 0.2) is 36.4 Å². The summed E-state index contributed by atoms with van der Waals surface area (Å²) in [6.07, 6.45) is 1.41. The van der Waals surface area contributed by atoms with Gasteiger partial charge < -0.3 is 9.84 Å². The molecule has 18 heavy (non-hydrogen) atoms. The van der Waals surface area contributed by atoms with E-state index in [1.54, 1.807) is 24.3 Å². The molecule has 0 aromatic heterocycles. The molecule has 5 nitrogen and oxygen atoms in total. The Hall–Kier alpha value is -2.43. The van der Waals surface area contributed by atoms with Crippen LogP contribution < -0.4 is 0 Å². The number of ether oxygens (including phenoxy) is 1. The van der Waals surface area contributed by atoms with Gasteiger partial charge in [0.2, 0.25) is 0 Å². The molecule has 0 amide bonds. The highest BCUT2D eigenvalue weighted by Crippen LogP contribution is 2.04.